The number of amides is 2. The van der Waals surface area contributed by atoms with Gasteiger partial charge >= 0.3 is 0 Å². The van der Waals surface area contributed by atoms with Crippen LogP contribution in [0.1, 0.15) is 19.3 Å². The van der Waals surface area contributed by atoms with Gasteiger partial charge in [0.05, 0.1) is 10.8 Å². The lowest BCUT2D eigenvalue weighted by Gasteiger charge is -2.31. The summed E-state index contributed by atoms with van der Waals surface area (Å²) in [6.45, 7) is 0.531. The van der Waals surface area contributed by atoms with Crippen LogP contribution in [0.2, 0.25) is 0 Å². The Labute approximate surface area is 175 Å². The molecule has 2 aromatic carbocycles. The van der Waals surface area contributed by atoms with Crippen LogP contribution >= 0.6 is 0 Å². The molecule has 1 atom stereocenters. The normalized spacial score (nSPS) is 17.3. The predicted molar refractivity (Wildman–Crippen MR) is 111 cm³/mol. The zero-order valence-corrected chi connectivity index (χ0v) is 17.2. The van der Waals surface area contributed by atoms with Gasteiger partial charge < -0.3 is 10.6 Å². The molecule has 1 heterocycles. The summed E-state index contributed by atoms with van der Waals surface area (Å²) < 4.78 is 39.9. The van der Waals surface area contributed by atoms with E-state index in [1.54, 1.807) is 12.1 Å². The van der Waals surface area contributed by atoms with E-state index in [1.807, 2.05) is 18.2 Å². The van der Waals surface area contributed by atoms with Gasteiger partial charge in [-0.2, -0.15) is 4.31 Å². The number of piperidine rings is 1. The Kier molecular flexibility index (Phi) is 7.17. The van der Waals surface area contributed by atoms with Crippen LogP contribution in [0.5, 0.6) is 0 Å². The number of rotatable bonds is 7. The lowest BCUT2D eigenvalue weighted by atomic mass is 9.99. The Bertz CT molecular complexity index is 981. The number of carbonyl (C=O) groups excluding carboxylic acids is 2. The Morgan fingerprint density at radius 3 is 2.47 bits per heavy atom. The molecular formula is C21H24FN3O4S. The molecule has 9 heteroatoms. The maximum atomic E-state index is 13.1. The molecule has 0 aromatic heterocycles. The zero-order valence-electron chi connectivity index (χ0n) is 16.4. The molecule has 1 unspecified atom stereocenters. The van der Waals surface area contributed by atoms with Crippen molar-refractivity contribution in [3.8, 4) is 0 Å². The van der Waals surface area contributed by atoms with Crippen LogP contribution in [0.25, 0.3) is 0 Å². The largest absolute Gasteiger partial charge is 0.355 e. The second-order valence-corrected chi connectivity index (χ2v) is 9.05. The first-order chi connectivity index (χ1) is 14.4. The summed E-state index contributed by atoms with van der Waals surface area (Å²) in [5.41, 5.74) is 0.683. The fraction of sp³-hybridized carbons (Fsp3) is 0.333. The number of nitrogens with zero attached hydrogens (tertiary/aromatic N) is 1. The van der Waals surface area contributed by atoms with E-state index in [0.29, 0.717) is 25.1 Å². The fourth-order valence-corrected chi connectivity index (χ4v) is 4.84. The van der Waals surface area contributed by atoms with Crippen LogP contribution < -0.4 is 10.6 Å². The molecule has 1 saturated heterocycles. The van der Waals surface area contributed by atoms with Crippen LogP contribution in [0.3, 0.4) is 0 Å². The summed E-state index contributed by atoms with van der Waals surface area (Å²) in [6, 6.07) is 13.7. The van der Waals surface area contributed by atoms with E-state index in [-0.39, 0.29) is 36.2 Å². The highest BCUT2D eigenvalue weighted by molar-refractivity contribution is 7.89. The van der Waals surface area contributed by atoms with Crippen molar-refractivity contribution in [3.63, 3.8) is 0 Å². The second kappa shape index (κ2) is 9.82. The van der Waals surface area contributed by atoms with E-state index in [9.17, 15) is 22.4 Å². The van der Waals surface area contributed by atoms with Gasteiger partial charge in [-0.25, -0.2) is 12.8 Å². The lowest BCUT2D eigenvalue weighted by molar-refractivity contribution is -0.126. The third-order valence-electron chi connectivity index (χ3n) is 4.92. The summed E-state index contributed by atoms with van der Waals surface area (Å²) in [4.78, 5) is 24.4. The molecule has 1 fully saturated rings. The summed E-state index contributed by atoms with van der Waals surface area (Å²) in [6.07, 6.45) is 1.23. The molecule has 160 valence electrons. The topological polar surface area (TPSA) is 95.6 Å². The first-order valence-electron chi connectivity index (χ1n) is 9.74. The minimum Gasteiger partial charge on any atom is -0.355 e. The molecule has 2 N–H and O–H groups in total. The minimum absolute atomic E-state index is 0.00235. The van der Waals surface area contributed by atoms with Gasteiger partial charge in [0, 0.05) is 31.7 Å². The van der Waals surface area contributed by atoms with Crippen molar-refractivity contribution in [1.82, 2.24) is 9.62 Å². The third kappa shape index (κ3) is 5.64. The molecule has 2 aromatic rings. The van der Waals surface area contributed by atoms with Crippen molar-refractivity contribution in [3.05, 3.63) is 60.4 Å². The molecule has 2 amide bonds. The van der Waals surface area contributed by atoms with Crippen LogP contribution in [-0.4, -0.2) is 44.2 Å². The first kappa shape index (κ1) is 21.9. The van der Waals surface area contributed by atoms with Crippen molar-refractivity contribution in [2.24, 2.45) is 5.92 Å². The van der Waals surface area contributed by atoms with Gasteiger partial charge in [0.25, 0.3) is 0 Å². The van der Waals surface area contributed by atoms with Crippen molar-refractivity contribution < 1.29 is 22.4 Å². The van der Waals surface area contributed by atoms with Gasteiger partial charge in [-0.15, -0.1) is 0 Å². The Morgan fingerprint density at radius 2 is 1.77 bits per heavy atom. The van der Waals surface area contributed by atoms with E-state index < -0.39 is 21.8 Å². The molecule has 3 rings (SSSR count). The van der Waals surface area contributed by atoms with E-state index in [1.165, 1.54) is 16.4 Å². The molecule has 0 aliphatic carbocycles. The zero-order chi connectivity index (χ0) is 21.6. The van der Waals surface area contributed by atoms with E-state index >= 15 is 0 Å². The Balaban J connectivity index is 1.50. The number of sulfonamides is 1. The van der Waals surface area contributed by atoms with Crippen LogP contribution in [0.15, 0.2) is 59.5 Å². The molecule has 1 aliphatic rings. The fourth-order valence-electron chi connectivity index (χ4n) is 3.32. The smallest absolute Gasteiger partial charge is 0.243 e. The highest BCUT2D eigenvalue weighted by atomic mass is 32.2. The van der Waals surface area contributed by atoms with Crippen molar-refractivity contribution in [1.29, 1.82) is 0 Å². The number of carbonyl (C=O) groups is 2. The highest BCUT2D eigenvalue weighted by Gasteiger charge is 2.33. The number of benzene rings is 2. The van der Waals surface area contributed by atoms with Crippen LogP contribution in [0.4, 0.5) is 10.1 Å². The second-order valence-electron chi connectivity index (χ2n) is 7.11. The highest BCUT2D eigenvalue weighted by Crippen LogP contribution is 2.24. The predicted octanol–water partition coefficient (Wildman–Crippen LogP) is 2.37. The van der Waals surface area contributed by atoms with Crippen molar-refractivity contribution in [2.75, 3.05) is 25.0 Å². The average Bonchev–Trinajstić information content (AvgIpc) is 2.75. The standard InChI is InChI=1S/C21H24FN3O4S/c22-17-8-10-19(11-9-17)30(28,29)25-14-4-5-16(15-25)21(27)23-13-12-20(26)24-18-6-2-1-3-7-18/h1-3,6-11,16H,4-5,12-15H2,(H,23,27)(H,24,26). The summed E-state index contributed by atoms with van der Waals surface area (Å²) in [5, 5.41) is 5.46. The number of nitrogens with one attached hydrogen (secondary N) is 2. The summed E-state index contributed by atoms with van der Waals surface area (Å²) in [7, 11) is -3.79. The molecule has 1 aliphatic heterocycles. The van der Waals surface area contributed by atoms with E-state index in [0.717, 1.165) is 12.1 Å². The monoisotopic (exact) mass is 433 g/mol. The minimum atomic E-state index is -3.79. The quantitative estimate of drug-likeness (QED) is 0.701. The van der Waals surface area contributed by atoms with Crippen LogP contribution in [-0.2, 0) is 19.6 Å². The van der Waals surface area contributed by atoms with E-state index in [4.69, 9.17) is 0 Å². The molecule has 0 spiro atoms. The van der Waals surface area contributed by atoms with E-state index in [2.05, 4.69) is 10.6 Å². The molecule has 0 bridgehead atoms. The van der Waals surface area contributed by atoms with Gasteiger partial charge in [-0.3, -0.25) is 9.59 Å². The molecule has 0 radical (unpaired) electrons. The molecule has 0 saturated carbocycles. The first-order valence-corrected chi connectivity index (χ1v) is 11.2. The number of para-hydroxylation sites is 1. The lowest BCUT2D eigenvalue weighted by Crippen LogP contribution is -2.45. The summed E-state index contributed by atoms with van der Waals surface area (Å²) in [5.74, 6) is -1.50. The van der Waals surface area contributed by atoms with Crippen molar-refractivity contribution >= 4 is 27.5 Å². The van der Waals surface area contributed by atoms with Gasteiger partial charge in [0.15, 0.2) is 0 Å². The average molecular weight is 434 g/mol. The van der Waals surface area contributed by atoms with Gasteiger partial charge in [0.2, 0.25) is 21.8 Å². The van der Waals surface area contributed by atoms with Gasteiger partial charge in [0.1, 0.15) is 5.82 Å². The molecule has 30 heavy (non-hydrogen) atoms. The number of halogens is 1. The number of anilines is 1. The molecule has 7 nitrogen and oxygen atoms in total. The van der Waals surface area contributed by atoms with Gasteiger partial charge in [-0.1, -0.05) is 18.2 Å². The van der Waals surface area contributed by atoms with Crippen LogP contribution in [0, 0.1) is 11.7 Å². The number of hydrogen-bond acceptors (Lipinski definition) is 4. The summed E-state index contributed by atoms with van der Waals surface area (Å²) >= 11 is 0. The Morgan fingerprint density at radius 1 is 1.07 bits per heavy atom. The molecular weight excluding hydrogens is 409 g/mol. The number of hydrogen-bond donors (Lipinski definition) is 2. The Hall–Kier alpha value is -2.78. The maximum Gasteiger partial charge on any atom is 0.243 e. The SMILES string of the molecule is O=C(CCNC(=O)C1CCCN(S(=O)(=O)c2ccc(F)cc2)C1)Nc1ccccc1. The maximum absolute atomic E-state index is 13.1. The van der Waals surface area contributed by atoms with Gasteiger partial charge in [-0.05, 0) is 49.2 Å². The third-order valence-corrected chi connectivity index (χ3v) is 6.79. The van der Waals surface area contributed by atoms with Crippen molar-refractivity contribution in [2.45, 2.75) is 24.2 Å².